The maximum Gasteiger partial charge on any atom is 0.0251 e. The van der Waals surface area contributed by atoms with Crippen LogP contribution in [0.3, 0.4) is 0 Å². The highest BCUT2D eigenvalue weighted by molar-refractivity contribution is 6.18. The molecule has 78 valence electrons. The highest BCUT2D eigenvalue weighted by Crippen LogP contribution is 2.38. The van der Waals surface area contributed by atoms with E-state index in [0.29, 0.717) is 5.41 Å². The third-order valence-corrected chi connectivity index (χ3v) is 3.97. The highest BCUT2D eigenvalue weighted by Gasteiger charge is 2.27. The number of hydrogen-bond acceptors (Lipinski definition) is 0. The van der Waals surface area contributed by atoms with Gasteiger partial charge in [0.05, 0.1) is 0 Å². The number of rotatable bonds is 1. The Hall–Kier alpha value is 0.290. The Morgan fingerprint density at radius 2 is 1.77 bits per heavy atom. The first-order valence-electron chi connectivity index (χ1n) is 5.60. The fourth-order valence-corrected chi connectivity index (χ4v) is 2.71. The van der Waals surface area contributed by atoms with Gasteiger partial charge in [0.25, 0.3) is 0 Å². The van der Waals surface area contributed by atoms with Crippen molar-refractivity contribution in [2.24, 2.45) is 17.3 Å². The lowest BCUT2D eigenvalue weighted by Crippen LogP contribution is -2.19. The van der Waals surface area contributed by atoms with Gasteiger partial charge in [0.15, 0.2) is 0 Å². The predicted octanol–water partition coefficient (Wildman–Crippen LogP) is 4.47. The van der Waals surface area contributed by atoms with Crippen molar-refractivity contribution in [1.82, 2.24) is 0 Å². The van der Waals surface area contributed by atoms with E-state index in [0.717, 1.165) is 17.7 Å². The third kappa shape index (κ3) is 3.50. The molecule has 0 radical (unpaired) electrons. The number of hydrogen-bond donors (Lipinski definition) is 0. The molecule has 0 nitrogen and oxygen atoms in total. The van der Waals surface area contributed by atoms with Crippen molar-refractivity contribution in [3.8, 4) is 0 Å². The summed E-state index contributed by atoms with van der Waals surface area (Å²) in [6, 6.07) is 0. The Balaban J connectivity index is 2.45. The van der Waals surface area contributed by atoms with Crippen molar-refractivity contribution in [3.63, 3.8) is 0 Å². The van der Waals surface area contributed by atoms with E-state index < -0.39 is 0 Å². The Kier molecular flexibility index (Phi) is 4.09. The molecule has 0 saturated heterocycles. The maximum atomic E-state index is 5.91. The Morgan fingerprint density at radius 1 is 1.08 bits per heavy atom. The van der Waals surface area contributed by atoms with Gasteiger partial charge in [-0.1, -0.05) is 27.2 Å². The Labute approximate surface area is 88.1 Å². The van der Waals surface area contributed by atoms with Gasteiger partial charge in [-0.15, -0.1) is 11.6 Å². The van der Waals surface area contributed by atoms with E-state index in [1.807, 2.05) is 0 Å². The van der Waals surface area contributed by atoms with Crippen LogP contribution in [0.15, 0.2) is 0 Å². The standard InChI is InChI=1S/C12H23Cl/c1-12(2,3)11-6-4-5-10(9-13)7-8-11/h10-11H,4-9H2,1-3H3. The molecule has 0 N–H and O–H groups in total. The van der Waals surface area contributed by atoms with Crippen LogP contribution in [0.5, 0.6) is 0 Å². The molecule has 1 heteroatoms. The molecule has 1 aliphatic rings. The summed E-state index contributed by atoms with van der Waals surface area (Å²) >= 11 is 5.91. The second-order valence-electron chi connectivity index (χ2n) is 5.59. The van der Waals surface area contributed by atoms with Crippen LogP contribution in [0.4, 0.5) is 0 Å². The van der Waals surface area contributed by atoms with Crippen molar-refractivity contribution >= 4 is 11.6 Å². The minimum atomic E-state index is 0.501. The van der Waals surface area contributed by atoms with Crippen LogP contribution in [0.2, 0.25) is 0 Å². The van der Waals surface area contributed by atoms with Crippen molar-refractivity contribution < 1.29 is 0 Å². The van der Waals surface area contributed by atoms with Crippen molar-refractivity contribution in [3.05, 3.63) is 0 Å². The summed E-state index contributed by atoms with van der Waals surface area (Å²) in [6.07, 6.45) is 6.90. The molecule has 0 aromatic heterocycles. The fourth-order valence-electron chi connectivity index (χ4n) is 2.40. The first-order valence-corrected chi connectivity index (χ1v) is 6.13. The number of alkyl halides is 1. The van der Waals surface area contributed by atoms with Crippen molar-refractivity contribution in [2.45, 2.75) is 52.9 Å². The zero-order valence-electron chi connectivity index (χ0n) is 9.28. The van der Waals surface area contributed by atoms with Gasteiger partial charge in [0.2, 0.25) is 0 Å². The van der Waals surface area contributed by atoms with Gasteiger partial charge in [0.1, 0.15) is 0 Å². The molecule has 1 fully saturated rings. The van der Waals surface area contributed by atoms with Crippen LogP contribution in [0.1, 0.15) is 52.9 Å². The van der Waals surface area contributed by atoms with E-state index in [1.54, 1.807) is 0 Å². The lowest BCUT2D eigenvalue weighted by molar-refractivity contribution is 0.213. The predicted molar refractivity (Wildman–Crippen MR) is 60.2 cm³/mol. The van der Waals surface area contributed by atoms with Gasteiger partial charge in [-0.3, -0.25) is 0 Å². The van der Waals surface area contributed by atoms with Crippen LogP contribution in [-0.4, -0.2) is 5.88 Å². The molecule has 1 rings (SSSR count). The second-order valence-corrected chi connectivity index (χ2v) is 5.90. The fraction of sp³-hybridized carbons (Fsp3) is 1.00. The quantitative estimate of drug-likeness (QED) is 0.435. The van der Waals surface area contributed by atoms with Crippen LogP contribution >= 0.6 is 11.6 Å². The minimum absolute atomic E-state index is 0.501. The lowest BCUT2D eigenvalue weighted by Gasteiger charge is -2.29. The van der Waals surface area contributed by atoms with E-state index in [4.69, 9.17) is 11.6 Å². The third-order valence-electron chi connectivity index (χ3n) is 3.53. The first kappa shape index (κ1) is 11.4. The summed E-state index contributed by atoms with van der Waals surface area (Å²) in [5.74, 6) is 2.59. The van der Waals surface area contributed by atoms with Gasteiger partial charge in [-0.2, -0.15) is 0 Å². The monoisotopic (exact) mass is 202 g/mol. The molecule has 0 aromatic rings. The molecule has 2 unspecified atom stereocenters. The molecule has 13 heavy (non-hydrogen) atoms. The zero-order valence-corrected chi connectivity index (χ0v) is 10.0. The summed E-state index contributed by atoms with van der Waals surface area (Å²) in [5.41, 5.74) is 0.501. The Morgan fingerprint density at radius 3 is 2.31 bits per heavy atom. The van der Waals surface area contributed by atoms with Gasteiger partial charge < -0.3 is 0 Å². The smallest absolute Gasteiger partial charge is 0.0251 e. The van der Waals surface area contributed by atoms with E-state index >= 15 is 0 Å². The summed E-state index contributed by atoms with van der Waals surface area (Å²) in [6.45, 7) is 7.12. The SMILES string of the molecule is CC(C)(C)C1CCCC(CCl)CC1. The van der Waals surface area contributed by atoms with Crippen LogP contribution < -0.4 is 0 Å². The van der Waals surface area contributed by atoms with Crippen LogP contribution in [0.25, 0.3) is 0 Å². The number of halogens is 1. The van der Waals surface area contributed by atoms with E-state index in [9.17, 15) is 0 Å². The van der Waals surface area contributed by atoms with Gasteiger partial charge in [0, 0.05) is 5.88 Å². The average Bonchev–Trinajstić information content (AvgIpc) is 2.26. The largest absolute Gasteiger partial charge is 0.126 e. The van der Waals surface area contributed by atoms with E-state index in [1.165, 1.54) is 32.1 Å². The topological polar surface area (TPSA) is 0 Å². The van der Waals surface area contributed by atoms with Crippen LogP contribution in [-0.2, 0) is 0 Å². The minimum Gasteiger partial charge on any atom is -0.126 e. The first-order chi connectivity index (χ1) is 6.04. The molecule has 1 aliphatic carbocycles. The molecule has 0 aliphatic heterocycles. The molecule has 0 amide bonds. The summed E-state index contributed by atoms with van der Waals surface area (Å²) < 4.78 is 0. The second kappa shape index (κ2) is 4.68. The molecule has 0 aromatic carbocycles. The van der Waals surface area contributed by atoms with Crippen LogP contribution in [0, 0.1) is 17.3 Å². The van der Waals surface area contributed by atoms with Gasteiger partial charge in [-0.05, 0) is 42.9 Å². The van der Waals surface area contributed by atoms with Gasteiger partial charge >= 0.3 is 0 Å². The summed E-state index contributed by atoms with van der Waals surface area (Å²) in [5, 5.41) is 0. The molecule has 0 spiro atoms. The molecule has 0 heterocycles. The molecule has 1 saturated carbocycles. The van der Waals surface area contributed by atoms with Crippen molar-refractivity contribution in [2.75, 3.05) is 5.88 Å². The lowest BCUT2D eigenvalue weighted by atomic mass is 9.76. The maximum absolute atomic E-state index is 5.91. The summed E-state index contributed by atoms with van der Waals surface area (Å²) in [7, 11) is 0. The summed E-state index contributed by atoms with van der Waals surface area (Å²) in [4.78, 5) is 0. The zero-order chi connectivity index (χ0) is 9.90. The molecular weight excluding hydrogens is 180 g/mol. The molecule has 2 atom stereocenters. The highest BCUT2D eigenvalue weighted by atomic mass is 35.5. The van der Waals surface area contributed by atoms with E-state index in [2.05, 4.69) is 20.8 Å². The molecule has 0 bridgehead atoms. The molecular formula is C12H23Cl. The average molecular weight is 203 g/mol. The normalized spacial score (nSPS) is 31.4. The van der Waals surface area contributed by atoms with E-state index in [-0.39, 0.29) is 0 Å². The Bertz CT molecular complexity index is 146. The van der Waals surface area contributed by atoms with Crippen molar-refractivity contribution in [1.29, 1.82) is 0 Å². The van der Waals surface area contributed by atoms with Gasteiger partial charge in [-0.25, -0.2) is 0 Å².